The number of hydrogen-bond acceptors (Lipinski definition) is 4. The largest absolute Gasteiger partial charge is 0.490 e. The third-order valence-electron chi connectivity index (χ3n) is 3.73. The first-order chi connectivity index (χ1) is 13.9. The second kappa shape index (κ2) is 11.2. The van der Waals surface area contributed by atoms with Gasteiger partial charge in [0.05, 0.1) is 13.2 Å². The number of halogens is 1. The van der Waals surface area contributed by atoms with Crippen molar-refractivity contribution in [3.8, 4) is 11.5 Å². The van der Waals surface area contributed by atoms with Crippen molar-refractivity contribution in [2.45, 2.75) is 27.3 Å². The fourth-order valence-electron chi connectivity index (χ4n) is 2.31. The van der Waals surface area contributed by atoms with E-state index in [0.29, 0.717) is 42.7 Å². The molecule has 2 rings (SSSR count). The molecule has 3 N–H and O–H groups in total. The summed E-state index contributed by atoms with van der Waals surface area (Å²) in [5.41, 5.74) is 6.44. The zero-order valence-electron chi connectivity index (χ0n) is 16.8. The van der Waals surface area contributed by atoms with Crippen molar-refractivity contribution in [3.63, 3.8) is 0 Å². The monoisotopic (exact) mass is 419 g/mol. The van der Waals surface area contributed by atoms with Crippen molar-refractivity contribution in [1.29, 1.82) is 0 Å². The van der Waals surface area contributed by atoms with Gasteiger partial charge in [0.1, 0.15) is 5.82 Å². The van der Waals surface area contributed by atoms with Crippen molar-refractivity contribution in [2.75, 3.05) is 13.2 Å². The van der Waals surface area contributed by atoms with Crippen molar-refractivity contribution in [2.24, 2.45) is 5.92 Å². The van der Waals surface area contributed by atoms with E-state index in [1.165, 1.54) is 12.1 Å². The van der Waals surface area contributed by atoms with Crippen molar-refractivity contribution in [3.05, 3.63) is 59.4 Å². The lowest BCUT2D eigenvalue weighted by Crippen LogP contribution is -2.46. The molecule has 0 saturated carbocycles. The number of thiocarbonyl (C=S) groups is 1. The molecule has 0 aliphatic rings. The predicted molar refractivity (Wildman–Crippen MR) is 114 cm³/mol. The zero-order valence-corrected chi connectivity index (χ0v) is 17.6. The molecule has 0 unspecified atom stereocenters. The summed E-state index contributed by atoms with van der Waals surface area (Å²) in [6, 6.07) is 11.1. The topological polar surface area (TPSA) is 71.6 Å². The number of carbonyl (C=O) groups excluding carboxylic acids is 1. The highest BCUT2D eigenvalue weighted by Crippen LogP contribution is 2.29. The smallest absolute Gasteiger partial charge is 0.269 e. The first-order valence-corrected chi connectivity index (χ1v) is 9.78. The Labute approximate surface area is 175 Å². The van der Waals surface area contributed by atoms with E-state index in [2.05, 4.69) is 30.0 Å². The third-order valence-corrected chi connectivity index (χ3v) is 3.98. The van der Waals surface area contributed by atoms with Gasteiger partial charge in [0.15, 0.2) is 16.6 Å². The number of nitrogens with one attached hydrogen (secondary N) is 3. The van der Waals surface area contributed by atoms with Gasteiger partial charge in [-0.15, -0.1) is 0 Å². The molecule has 6 nitrogen and oxygen atoms in total. The van der Waals surface area contributed by atoms with Gasteiger partial charge < -0.3 is 14.8 Å². The molecule has 0 radical (unpaired) electrons. The van der Waals surface area contributed by atoms with Crippen LogP contribution in [0.4, 0.5) is 4.39 Å². The summed E-state index contributed by atoms with van der Waals surface area (Å²) in [6.45, 7) is 7.39. The highest BCUT2D eigenvalue weighted by Gasteiger charge is 2.12. The highest BCUT2D eigenvalue weighted by molar-refractivity contribution is 7.80. The Morgan fingerprint density at radius 2 is 1.79 bits per heavy atom. The highest BCUT2D eigenvalue weighted by atomic mass is 32.1. The van der Waals surface area contributed by atoms with Crippen molar-refractivity contribution < 1.29 is 18.7 Å². The van der Waals surface area contributed by atoms with E-state index in [1.807, 2.05) is 6.92 Å². The van der Waals surface area contributed by atoms with Gasteiger partial charge in [-0.05, 0) is 61.0 Å². The minimum Gasteiger partial charge on any atom is -0.490 e. The summed E-state index contributed by atoms with van der Waals surface area (Å²) in [5.74, 6) is 0.820. The van der Waals surface area contributed by atoms with Gasteiger partial charge in [-0.3, -0.25) is 15.6 Å². The molecule has 1 amide bonds. The summed E-state index contributed by atoms with van der Waals surface area (Å²) in [4.78, 5) is 12.4. The zero-order chi connectivity index (χ0) is 21.2. The number of amides is 1. The van der Waals surface area contributed by atoms with Crippen LogP contribution in [0.3, 0.4) is 0 Å². The molecule has 0 atom stereocenters. The van der Waals surface area contributed by atoms with E-state index < -0.39 is 0 Å². The van der Waals surface area contributed by atoms with Crippen LogP contribution in [-0.2, 0) is 6.54 Å². The first kappa shape index (κ1) is 22.4. The molecule has 0 heterocycles. The van der Waals surface area contributed by atoms with Crippen LogP contribution >= 0.6 is 12.2 Å². The van der Waals surface area contributed by atoms with E-state index in [4.69, 9.17) is 21.7 Å². The molecule has 0 saturated heterocycles. The minimum absolute atomic E-state index is 0.240. The fourth-order valence-corrected chi connectivity index (χ4v) is 2.43. The van der Waals surface area contributed by atoms with E-state index >= 15 is 0 Å². The van der Waals surface area contributed by atoms with Crippen LogP contribution in [-0.4, -0.2) is 24.2 Å². The van der Waals surface area contributed by atoms with Gasteiger partial charge >= 0.3 is 0 Å². The van der Waals surface area contributed by atoms with Gasteiger partial charge in [-0.25, -0.2) is 4.39 Å². The molecule has 8 heteroatoms. The molecule has 0 aliphatic heterocycles. The molecule has 2 aromatic rings. The van der Waals surface area contributed by atoms with Crippen LogP contribution < -0.4 is 25.6 Å². The molecule has 0 bridgehead atoms. The Bertz CT molecular complexity index is 828. The Morgan fingerprint density at radius 3 is 2.45 bits per heavy atom. The maximum atomic E-state index is 12.9. The molecular weight excluding hydrogens is 393 g/mol. The van der Waals surface area contributed by atoms with Crippen LogP contribution in [0.1, 0.15) is 36.7 Å². The number of benzene rings is 2. The van der Waals surface area contributed by atoms with Crippen molar-refractivity contribution in [1.82, 2.24) is 16.2 Å². The number of hydrazine groups is 1. The van der Waals surface area contributed by atoms with E-state index in [0.717, 1.165) is 5.56 Å². The molecule has 0 spiro atoms. The summed E-state index contributed by atoms with van der Waals surface area (Å²) in [5, 5.41) is 3.17. The Kier molecular flexibility index (Phi) is 8.67. The van der Waals surface area contributed by atoms with Crippen LogP contribution in [0.2, 0.25) is 0 Å². The summed E-state index contributed by atoms with van der Waals surface area (Å²) >= 11 is 5.14. The maximum absolute atomic E-state index is 12.9. The molecule has 29 heavy (non-hydrogen) atoms. The Hall–Kier alpha value is -2.87. The fraction of sp³-hybridized carbons (Fsp3) is 0.333. The van der Waals surface area contributed by atoms with Crippen LogP contribution in [0.15, 0.2) is 42.5 Å². The van der Waals surface area contributed by atoms with Crippen LogP contribution in [0, 0.1) is 11.7 Å². The van der Waals surface area contributed by atoms with Gasteiger partial charge in [-0.2, -0.15) is 0 Å². The standard InChI is InChI=1S/C21H26FN3O3S/c1-4-27-19-11-16(7-10-18(19)28-13-14(2)3)20(26)24-25-21(29)23-12-15-5-8-17(22)9-6-15/h5-11,14H,4,12-13H2,1-3H3,(H,24,26)(H2,23,25,29). The van der Waals surface area contributed by atoms with Gasteiger partial charge in [0.25, 0.3) is 5.91 Å². The molecule has 0 aromatic heterocycles. The normalized spacial score (nSPS) is 10.4. The quantitative estimate of drug-likeness (QED) is 0.449. The van der Waals surface area contributed by atoms with Crippen molar-refractivity contribution >= 4 is 23.2 Å². The minimum atomic E-state index is -0.368. The Morgan fingerprint density at radius 1 is 1.07 bits per heavy atom. The SMILES string of the molecule is CCOc1cc(C(=O)NNC(=S)NCc2ccc(F)cc2)ccc1OCC(C)C. The van der Waals surface area contributed by atoms with E-state index in [9.17, 15) is 9.18 Å². The molecule has 0 fully saturated rings. The lowest BCUT2D eigenvalue weighted by Gasteiger charge is -2.15. The van der Waals surface area contributed by atoms with Crippen LogP contribution in [0.25, 0.3) is 0 Å². The van der Waals surface area contributed by atoms with Gasteiger partial charge in [0, 0.05) is 12.1 Å². The molecule has 2 aromatic carbocycles. The van der Waals surface area contributed by atoms with Gasteiger partial charge in [0.2, 0.25) is 0 Å². The lowest BCUT2D eigenvalue weighted by atomic mass is 10.2. The predicted octanol–water partition coefficient (Wildman–Crippen LogP) is 3.57. The lowest BCUT2D eigenvalue weighted by molar-refractivity contribution is 0.0943. The van der Waals surface area contributed by atoms with E-state index in [-0.39, 0.29) is 16.8 Å². The summed E-state index contributed by atoms with van der Waals surface area (Å²) in [7, 11) is 0. The van der Waals surface area contributed by atoms with Crippen LogP contribution in [0.5, 0.6) is 11.5 Å². The first-order valence-electron chi connectivity index (χ1n) is 9.37. The summed E-state index contributed by atoms with van der Waals surface area (Å²) < 4.78 is 24.2. The van der Waals surface area contributed by atoms with E-state index in [1.54, 1.807) is 30.3 Å². The molecule has 0 aliphatic carbocycles. The summed E-state index contributed by atoms with van der Waals surface area (Å²) in [6.07, 6.45) is 0. The maximum Gasteiger partial charge on any atom is 0.269 e. The average Bonchev–Trinajstić information content (AvgIpc) is 2.70. The second-order valence-electron chi connectivity index (χ2n) is 6.69. The number of ether oxygens (including phenoxy) is 2. The molecule has 156 valence electrons. The number of rotatable bonds is 8. The number of hydrogen-bond donors (Lipinski definition) is 3. The number of carbonyl (C=O) groups is 1. The molecular formula is C21H26FN3O3S. The Balaban J connectivity index is 1.89. The van der Waals surface area contributed by atoms with Gasteiger partial charge in [-0.1, -0.05) is 26.0 Å². The third kappa shape index (κ3) is 7.57. The average molecular weight is 420 g/mol. The second-order valence-corrected chi connectivity index (χ2v) is 7.10.